The molecule has 2 aromatic heterocycles. The van der Waals surface area contributed by atoms with Gasteiger partial charge in [0.05, 0.1) is 18.5 Å². The van der Waals surface area contributed by atoms with Gasteiger partial charge in [-0.15, -0.1) is 11.3 Å². The van der Waals surface area contributed by atoms with Crippen LogP contribution in [0.2, 0.25) is 0 Å². The molecule has 3 rings (SSSR count). The lowest BCUT2D eigenvalue weighted by Gasteiger charge is -2.20. The van der Waals surface area contributed by atoms with E-state index in [4.69, 9.17) is 4.98 Å². The third-order valence-corrected chi connectivity index (χ3v) is 6.72. The van der Waals surface area contributed by atoms with E-state index in [1.807, 2.05) is 11.5 Å². The van der Waals surface area contributed by atoms with Crippen molar-refractivity contribution < 1.29 is 0 Å². The van der Waals surface area contributed by atoms with Crippen molar-refractivity contribution in [3.63, 3.8) is 0 Å². The normalized spacial score (nSPS) is 11.9. The van der Waals surface area contributed by atoms with E-state index in [9.17, 15) is 4.79 Å². The van der Waals surface area contributed by atoms with Gasteiger partial charge < -0.3 is 0 Å². The van der Waals surface area contributed by atoms with Crippen LogP contribution in [0, 0.1) is 13.8 Å². The molecule has 5 heteroatoms. The Kier molecular flexibility index (Phi) is 6.36. The van der Waals surface area contributed by atoms with E-state index < -0.39 is 0 Å². The van der Waals surface area contributed by atoms with Crippen molar-refractivity contribution in [2.24, 2.45) is 0 Å². The molecule has 0 atom stereocenters. The molecule has 3 aromatic rings. The molecule has 0 fully saturated rings. The lowest BCUT2D eigenvalue weighted by Crippen LogP contribution is -2.31. The molecule has 0 amide bonds. The molecule has 0 unspecified atom stereocenters. The average molecular weight is 398 g/mol. The molecular formula is C23H31N3OS. The largest absolute Gasteiger partial charge is 0.297 e. The van der Waals surface area contributed by atoms with Crippen LogP contribution in [-0.2, 0) is 13.1 Å². The Morgan fingerprint density at radius 2 is 1.75 bits per heavy atom. The summed E-state index contributed by atoms with van der Waals surface area (Å²) in [5.74, 6) is 1.36. The number of hydrogen-bond donors (Lipinski definition) is 0. The van der Waals surface area contributed by atoms with E-state index in [-0.39, 0.29) is 5.56 Å². The lowest BCUT2D eigenvalue weighted by atomic mass is 10.0. The molecule has 150 valence electrons. The Morgan fingerprint density at radius 1 is 1.11 bits per heavy atom. The first-order valence-electron chi connectivity index (χ1n) is 10.2. The van der Waals surface area contributed by atoms with Crippen molar-refractivity contribution in [2.75, 3.05) is 13.1 Å². The molecule has 1 aromatic carbocycles. The summed E-state index contributed by atoms with van der Waals surface area (Å²) in [6.07, 6.45) is 0. The second-order valence-corrected chi connectivity index (χ2v) is 8.94. The summed E-state index contributed by atoms with van der Waals surface area (Å²) in [5.41, 5.74) is 3.60. The number of aromatic nitrogens is 2. The summed E-state index contributed by atoms with van der Waals surface area (Å²) < 4.78 is 1.88. The van der Waals surface area contributed by atoms with Gasteiger partial charge in [-0.1, -0.05) is 52.0 Å². The molecule has 0 spiro atoms. The van der Waals surface area contributed by atoms with Gasteiger partial charge in [0.2, 0.25) is 0 Å². The molecular weight excluding hydrogens is 366 g/mol. The van der Waals surface area contributed by atoms with Gasteiger partial charge in [0.15, 0.2) is 0 Å². The number of benzene rings is 1. The van der Waals surface area contributed by atoms with Crippen LogP contribution in [0.4, 0.5) is 0 Å². The SMILES string of the molecule is CCN(CC)Cc1nc2sc(C)c(C)c2c(=O)n1Cc1ccc(C(C)C)cc1. The topological polar surface area (TPSA) is 38.1 Å². The van der Waals surface area contributed by atoms with Gasteiger partial charge in [-0.25, -0.2) is 4.98 Å². The van der Waals surface area contributed by atoms with Crippen molar-refractivity contribution in [1.82, 2.24) is 14.5 Å². The van der Waals surface area contributed by atoms with Gasteiger partial charge in [0.1, 0.15) is 10.7 Å². The van der Waals surface area contributed by atoms with Gasteiger partial charge in [0.25, 0.3) is 5.56 Å². The van der Waals surface area contributed by atoms with Gasteiger partial charge >= 0.3 is 0 Å². The van der Waals surface area contributed by atoms with Gasteiger partial charge in [0, 0.05) is 4.88 Å². The number of nitrogens with zero attached hydrogens (tertiary/aromatic N) is 3. The first kappa shape index (κ1) is 20.7. The van der Waals surface area contributed by atoms with Crippen LogP contribution in [0.25, 0.3) is 10.2 Å². The van der Waals surface area contributed by atoms with Crippen LogP contribution >= 0.6 is 11.3 Å². The summed E-state index contributed by atoms with van der Waals surface area (Å²) >= 11 is 1.63. The number of hydrogen-bond acceptors (Lipinski definition) is 4. The standard InChI is InChI=1S/C23H31N3OS/c1-7-25(8-2)14-20-24-22-21(16(5)17(6)28-22)23(27)26(20)13-18-9-11-19(12-10-18)15(3)4/h9-12,15H,7-8,13-14H2,1-6H3. The number of rotatable bonds is 7. The van der Waals surface area contributed by atoms with Crippen LogP contribution in [0.1, 0.15) is 61.0 Å². The molecule has 0 N–H and O–H groups in total. The Labute approximate surface area is 171 Å². The maximum absolute atomic E-state index is 13.4. The van der Waals surface area contributed by atoms with E-state index in [0.717, 1.165) is 40.3 Å². The number of fused-ring (bicyclic) bond motifs is 1. The van der Waals surface area contributed by atoms with Crippen LogP contribution < -0.4 is 5.56 Å². The molecule has 4 nitrogen and oxygen atoms in total. The van der Waals surface area contributed by atoms with E-state index in [1.165, 1.54) is 10.4 Å². The quantitative estimate of drug-likeness (QED) is 0.557. The molecule has 0 bridgehead atoms. The third-order valence-electron chi connectivity index (χ3n) is 5.61. The molecule has 2 heterocycles. The maximum atomic E-state index is 13.4. The van der Waals surface area contributed by atoms with Crippen LogP contribution in [0.15, 0.2) is 29.1 Å². The average Bonchev–Trinajstić information content (AvgIpc) is 2.96. The third kappa shape index (κ3) is 4.06. The molecule has 28 heavy (non-hydrogen) atoms. The van der Waals surface area contributed by atoms with Crippen molar-refractivity contribution in [2.45, 2.75) is 60.5 Å². The first-order chi connectivity index (χ1) is 13.3. The van der Waals surface area contributed by atoms with E-state index in [1.54, 1.807) is 11.3 Å². The molecule has 0 saturated heterocycles. The van der Waals surface area contributed by atoms with Crippen molar-refractivity contribution >= 4 is 21.6 Å². The fraction of sp³-hybridized carbons (Fsp3) is 0.478. The first-order valence-corrected chi connectivity index (χ1v) is 11.0. The summed E-state index contributed by atoms with van der Waals surface area (Å²) in [4.78, 5) is 22.7. The van der Waals surface area contributed by atoms with Crippen molar-refractivity contribution in [3.05, 3.63) is 62.0 Å². The highest BCUT2D eigenvalue weighted by Crippen LogP contribution is 2.27. The predicted molar refractivity (Wildman–Crippen MR) is 120 cm³/mol. The second-order valence-electron chi connectivity index (χ2n) is 7.74. The van der Waals surface area contributed by atoms with Crippen LogP contribution in [0.3, 0.4) is 0 Å². The van der Waals surface area contributed by atoms with E-state index in [2.05, 4.69) is 63.8 Å². The molecule has 0 aliphatic carbocycles. The highest BCUT2D eigenvalue weighted by Gasteiger charge is 2.18. The van der Waals surface area contributed by atoms with E-state index in [0.29, 0.717) is 19.0 Å². The minimum absolute atomic E-state index is 0.0851. The smallest absolute Gasteiger partial charge is 0.262 e. The van der Waals surface area contributed by atoms with Crippen molar-refractivity contribution in [3.8, 4) is 0 Å². The summed E-state index contributed by atoms with van der Waals surface area (Å²) in [6.45, 7) is 15.9. The zero-order valence-electron chi connectivity index (χ0n) is 17.9. The summed E-state index contributed by atoms with van der Waals surface area (Å²) in [5, 5.41) is 0.782. The minimum Gasteiger partial charge on any atom is -0.297 e. The summed E-state index contributed by atoms with van der Waals surface area (Å²) in [7, 11) is 0. The van der Waals surface area contributed by atoms with Crippen molar-refractivity contribution in [1.29, 1.82) is 0 Å². The molecule has 0 radical (unpaired) electrons. The Bertz CT molecular complexity index is 1010. The predicted octanol–water partition coefficient (Wildman–Crippen LogP) is 5.09. The van der Waals surface area contributed by atoms with Crippen LogP contribution in [-0.4, -0.2) is 27.5 Å². The van der Waals surface area contributed by atoms with Crippen LogP contribution in [0.5, 0.6) is 0 Å². The zero-order valence-corrected chi connectivity index (χ0v) is 18.7. The van der Waals surface area contributed by atoms with E-state index >= 15 is 0 Å². The number of thiophene rings is 1. The number of aryl methyl sites for hydroxylation is 2. The fourth-order valence-corrected chi connectivity index (χ4v) is 4.53. The van der Waals surface area contributed by atoms with Gasteiger partial charge in [-0.3, -0.25) is 14.3 Å². The fourth-order valence-electron chi connectivity index (χ4n) is 3.49. The maximum Gasteiger partial charge on any atom is 0.262 e. The monoisotopic (exact) mass is 397 g/mol. The minimum atomic E-state index is 0.0851. The lowest BCUT2D eigenvalue weighted by molar-refractivity contribution is 0.282. The summed E-state index contributed by atoms with van der Waals surface area (Å²) in [6, 6.07) is 8.61. The second kappa shape index (κ2) is 8.58. The highest BCUT2D eigenvalue weighted by molar-refractivity contribution is 7.18. The highest BCUT2D eigenvalue weighted by atomic mass is 32.1. The molecule has 0 aliphatic heterocycles. The Balaban J connectivity index is 2.10. The zero-order chi connectivity index (χ0) is 20.4. The Hall–Kier alpha value is -1.98. The van der Waals surface area contributed by atoms with Gasteiger partial charge in [-0.05, 0) is 49.5 Å². The van der Waals surface area contributed by atoms with Gasteiger partial charge in [-0.2, -0.15) is 0 Å². The Morgan fingerprint density at radius 3 is 2.32 bits per heavy atom. The molecule has 0 aliphatic rings. The molecule has 0 saturated carbocycles.